The van der Waals surface area contributed by atoms with E-state index in [0.717, 1.165) is 6.92 Å². The van der Waals surface area contributed by atoms with Crippen LogP contribution in [0.25, 0.3) is 0 Å². The highest BCUT2D eigenvalue weighted by atomic mass is 32.1. The number of hydrogen-bond acceptors (Lipinski definition) is 4. The van der Waals surface area contributed by atoms with Gasteiger partial charge in [0.15, 0.2) is 5.60 Å². The van der Waals surface area contributed by atoms with Crippen LogP contribution in [0.3, 0.4) is 0 Å². The van der Waals surface area contributed by atoms with E-state index in [1.54, 1.807) is 16.8 Å². The number of nitrogens with one attached hydrogen (secondary N) is 2. The SMILES string of the molecule is CC(O)(CNC(=O)Nc1ccsc1)C(=O)O. The number of carbonyl (C=O) groups is 2. The largest absolute Gasteiger partial charge is 0.479 e. The predicted octanol–water partition coefficient (Wildman–Crippen LogP) is 0.705. The molecule has 1 aromatic heterocycles. The van der Waals surface area contributed by atoms with Crippen LogP contribution in [-0.2, 0) is 4.79 Å². The van der Waals surface area contributed by atoms with Gasteiger partial charge in [-0.1, -0.05) is 0 Å². The van der Waals surface area contributed by atoms with Gasteiger partial charge < -0.3 is 20.8 Å². The molecule has 1 heterocycles. The molecule has 4 N–H and O–H groups in total. The van der Waals surface area contributed by atoms with Crippen molar-refractivity contribution in [2.24, 2.45) is 0 Å². The molecule has 0 bridgehead atoms. The van der Waals surface area contributed by atoms with Gasteiger partial charge >= 0.3 is 12.0 Å². The van der Waals surface area contributed by atoms with E-state index in [9.17, 15) is 14.7 Å². The first-order valence-corrected chi connectivity index (χ1v) is 5.39. The van der Waals surface area contributed by atoms with Crippen LogP contribution in [0, 0.1) is 0 Å². The fourth-order valence-electron chi connectivity index (χ4n) is 0.839. The molecule has 0 saturated heterocycles. The maximum absolute atomic E-state index is 11.3. The molecule has 6 nitrogen and oxygen atoms in total. The van der Waals surface area contributed by atoms with Gasteiger partial charge in [0.25, 0.3) is 0 Å². The van der Waals surface area contributed by atoms with E-state index in [1.807, 2.05) is 0 Å². The Labute approximate surface area is 95.9 Å². The molecule has 0 spiro atoms. The average molecular weight is 244 g/mol. The minimum absolute atomic E-state index is 0.363. The number of thiophene rings is 1. The van der Waals surface area contributed by atoms with Crippen molar-refractivity contribution >= 4 is 29.0 Å². The summed E-state index contributed by atoms with van der Waals surface area (Å²) in [6, 6.07) is 1.15. The topological polar surface area (TPSA) is 98.7 Å². The van der Waals surface area contributed by atoms with Crippen LogP contribution >= 0.6 is 11.3 Å². The summed E-state index contributed by atoms with van der Waals surface area (Å²) < 4.78 is 0. The summed E-state index contributed by atoms with van der Waals surface area (Å²) in [6.07, 6.45) is 0. The molecular weight excluding hydrogens is 232 g/mol. The lowest BCUT2D eigenvalue weighted by atomic mass is 10.1. The molecule has 16 heavy (non-hydrogen) atoms. The van der Waals surface area contributed by atoms with Crippen LogP contribution in [0.15, 0.2) is 16.8 Å². The lowest BCUT2D eigenvalue weighted by Crippen LogP contribution is -2.47. The summed E-state index contributed by atoms with van der Waals surface area (Å²) >= 11 is 1.42. The summed E-state index contributed by atoms with van der Waals surface area (Å²) in [4.78, 5) is 21.8. The number of rotatable bonds is 4. The van der Waals surface area contributed by atoms with Gasteiger partial charge in [-0.25, -0.2) is 9.59 Å². The normalized spacial score (nSPS) is 13.9. The second-order valence-corrected chi connectivity index (χ2v) is 4.18. The molecule has 1 aromatic rings. The second kappa shape index (κ2) is 4.95. The van der Waals surface area contributed by atoms with Crippen molar-refractivity contribution in [1.29, 1.82) is 0 Å². The molecule has 0 aliphatic carbocycles. The van der Waals surface area contributed by atoms with Crippen LogP contribution in [0.2, 0.25) is 0 Å². The van der Waals surface area contributed by atoms with E-state index >= 15 is 0 Å². The Kier molecular flexibility index (Phi) is 3.86. The standard InChI is InChI=1S/C9H12N2O4S/c1-9(15,7(12)13)5-10-8(14)11-6-2-3-16-4-6/h2-4,15H,5H2,1H3,(H,12,13)(H2,10,11,14). The average Bonchev–Trinajstić information content (AvgIpc) is 2.67. The summed E-state index contributed by atoms with van der Waals surface area (Å²) in [5, 5.41) is 26.2. The molecule has 0 aliphatic heterocycles. The van der Waals surface area contributed by atoms with Crippen LogP contribution in [0.4, 0.5) is 10.5 Å². The molecule has 0 fully saturated rings. The van der Waals surface area contributed by atoms with Gasteiger partial charge in [0.1, 0.15) is 0 Å². The molecule has 0 radical (unpaired) electrons. The van der Waals surface area contributed by atoms with E-state index in [4.69, 9.17) is 5.11 Å². The zero-order chi connectivity index (χ0) is 12.2. The van der Waals surface area contributed by atoms with E-state index in [1.165, 1.54) is 11.3 Å². The highest BCUT2D eigenvalue weighted by Crippen LogP contribution is 2.11. The third-order valence-corrected chi connectivity index (χ3v) is 2.52. The number of amides is 2. The van der Waals surface area contributed by atoms with Gasteiger partial charge in [-0.15, -0.1) is 0 Å². The number of hydrogen-bond donors (Lipinski definition) is 4. The third kappa shape index (κ3) is 3.52. The monoisotopic (exact) mass is 244 g/mol. The quantitative estimate of drug-likeness (QED) is 0.626. The Morgan fingerprint density at radius 2 is 2.25 bits per heavy atom. The molecule has 1 unspecified atom stereocenters. The van der Waals surface area contributed by atoms with Gasteiger partial charge in [0.2, 0.25) is 0 Å². The molecule has 0 aliphatic rings. The minimum Gasteiger partial charge on any atom is -0.479 e. The van der Waals surface area contributed by atoms with Crippen molar-refractivity contribution in [2.45, 2.75) is 12.5 Å². The van der Waals surface area contributed by atoms with E-state index < -0.39 is 17.6 Å². The van der Waals surface area contributed by atoms with Crippen molar-refractivity contribution in [3.05, 3.63) is 16.8 Å². The smallest absolute Gasteiger partial charge is 0.337 e. The van der Waals surface area contributed by atoms with Crippen LogP contribution < -0.4 is 10.6 Å². The van der Waals surface area contributed by atoms with E-state index in [2.05, 4.69) is 10.6 Å². The predicted molar refractivity (Wildman–Crippen MR) is 59.6 cm³/mol. The number of carboxylic acids is 1. The van der Waals surface area contributed by atoms with Gasteiger partial charge in [0.05, 0.1) is 12.2 Å². The van der Waals surface area contributed by atoms with Gasteiger partial charge in [0, 0.05) is 5.38 Å². The fourth-order valence-corrected chi connectivity index (χ4v) is 1.43. The number of carbonyl (C=O) groups excluding carboxylic acids is 1. The van der Waals surface area contributed by atoms with Gasteiger partial charge in [-0.3, -0.25) is 0 Å². The van der Waals surface area contributed by atoms with Crippen molar-refractivity contribution in [1.82, 2.24) is 5.32 Å². The number of aliphatic carboxylic acids is 1. The summed E-state index contributed by atoms with van der Waals surface area (Å²) in [7, 11) is 0. The van der Waals surface area contributed by atoms with Crippen LogP contribution in [0.1, 0.15) is 6.92 Å². The summed E-state index contributed by atoms with van der Waals surface area (Å²) in [5.74, 6) is -1.39. The zero-order valence-electron chi connectivity index (χ0n) is 8.56. The third-order valence-electron chi connectivity index (χ3n) is 1.83. The fraction of sp³-hybridized carbons (Fsp3) is 0.333. The molecule has 0 saturated carbocycles. The highest BCUT2D eigenvalue weighted by molar-refractivity contribution is 7.08. The number of aliphatic hydroxyl groups is 1. The Bertz CT molecular complexity index is 375. The lowest BCUT2D eigenvalue weighted by Gasteiger charge is -2.18. The first kappa shape index (κ1) is 12.5. The second-order valence-electron chi connectivity index (χ2n) is 3.40. The van der Waals surface area contributed by atoms with Crippen molar-refractivity contribution in [2.75, 3.05) is 11.9 Å². The van der Waals surface area contributed by atoms with Gasteiger partial charge in [-0.2, -0.15) is 11.3 Å². The Morgan fingerprint density at radius 3 is 2.75 bits per heavy atom. The lowest BCUT2D eigenvalue weighted by molar-refractivity contribution is -0.155. The first-order valence-electron chi connectivity index (χ1n) is 4.44. The Balaban J connectivity index is 2.39. The molecular formula is C9H12N2O4S. The highest BCUT2D eigenvalue weighted by Gasteiger charge is 2.30. The molecule has 0 aromatic carbocycles. The number of anilines is 1. The van der Waals surface area contributed by atoms with Crippen LogP contribution in [-0.4, -0.2) is 34.4 Å². The number of carboxylic acid groups (broad SMARTS) is 1. The maximum Gasteiger partial charge on any atom is 0.337 e. The summed E-state index contributed by atoms with van der Waals surface area (Å²) in [6.45, 7) is 0.749. The summed E-state index contributed by atoms with van der Waals surface area (Å²) in [5.41, 5.74) is -1.34. The Morgan fingerprint density at radius 1 is 1.56 bits per heavy atom. The van der Waals surface area contributed by atoms with Gasteiger partial charge in [-0.05, 0) is 18.4 Å². The zero-order valence-corrected chi connectivity index (χ0v) is 9.37. The van der Waals surface area contributed by atoms with Crippen molar-refractivity contribution in [3.8, 4) is 0 Å². The van der Waals surface area contributed by atoms with E-state index in [-0.39, 0.29) is 6.54 Å². The van der Waals surface area contributed by atoms with Crippen molar-refractivity contribution < 1.29 is 19.8 Å². The molecule has 7 heteroatoms. The van der Waals surface area contributed by atoms with Crippen LogP contribution in [0.5, 0.6) is 0 Å². The molecule has 2 amide bonds. The minimum atomic E-state index is -1.97. The number of urea groups is 1. The van der Waals surface area contributed by atoms with E-state index in [0.29, 0.717) is 5.69 Å². The van der Waals surface area contributed by atoms with Crippen molar-refractivity contribution in [3.63, 3.8) is 0 Å². The first-order chi connectivity index (χ1) is 7.42. The molecule has 88 valence electrons. The maximum atomic E-state index is 11.3. The molecule has 1 atom stereocenters. The molecule has 1 rings (SSSR count). The Hall–Kier alpha value is -1.60.